The van der Waals surface area contributed by atoms with Gasteiger partial charge in [-0.25, -0.2) is 8.42 Å². The van der Waals surface area contributed by atoms with Crippen LogP contribution in [0.4, 0.5) is 0 Å². The smallest absolute Gasteiger partial charge is 0.243 e. The van der Waals surface area contributed by atoms with E-state index in [0.29, 0.717) is 44.3 Å². The Morgan fingerprint density at radius 1 is 1.24 bits per heavy atom. The number of nitrogens with one attached hydrogen (secondary N) is 1. The van der Waals surface area contributed by atoms with E-state index in [4.69, 9.17) is 4.74 Å². The summed E-state index contributed by atoms with van der Waals surface area (Å²) in [6.07, 6.45) is 3.29. The highest BCUT2D eigenvalue weighted by Gasteiger charge is 2.34. The van der Waals surface area contributed by atoms with Crippen LogP contribution in [0, 0.1) is 12.8 Å². The van der Waals surface area contributed by atoms with Crippen LogP contribution in [-0.4, -0.2) is 44.4 Å². The number of hydrogen-bond acceptors (Lipinski definition) is 4. The second kappa shape index (κ2) is 7.33. The van der Waals surface area contributed by atoms with Crippen molar-refractivity contribution in [1.82, 2.24) is 9.62 Å². The van der Waals surface area contributed by atoms with E-state index < -0.39 is 10.0 Å². The quantitative estimate of drug-likeness (QED) is 0.836. The maximum atomic E-state index is 12.9. The number of hydrogen-bond donors (Lipinski definition) is 1. The van der Waals surface area contributed by atoms with Crippen LogP contribution < -0.4 is 10.1 Å². The van der Waals surface area contributed by atoms with E-state index in [-0.39, 0.29) is 16.7 Å². The predicted molar refractivity (Wildman–Crippen MR) is 95.0 cm³/mol. The SMILES string of the molecule is CCOc1ccc(S(=O)(=O)N2CCC(C(=O)NC3CC3)CC2)cc1C. The number of carbonyl (C=O) groups is 1. The Bertz CT molecular complexity index is 735. The molecule has 0 aromatic heterocycles. The molecule has 1 heterocycles. The van der Waals surface area contributed by atoms with Gasteiger partial charge in [0.1, 0.15) is 5.75 Å². The Labute approximate surface area is 149 Å². The summed E-state index contributed by atoms with van der Waals surface area (Å²) >= 11 is 0. The fraction of sp³-hybridized carbons (Fsp3) is 0.611. The van der Waals surface area contributed by atoms with Crippen LogP contribution in [-0.2, 0) is 14.8 Å². The number of nitrogens with zero attached hydrogens (tertiary/aromatic N) is 1. The van der Waals surface area contributed by atoms with Gasteiger partial charge in [0.25, 0.3) is 0 Å². The molecule has 1 amide bonds. The Kier molecular flexibility index (Phi) is 5.34. The Morgan fingerprint density at radius 3 is 2.48 bits per heavy atom. The van der Waals surface area contributed by atoms with Crippen LogP contribution in [0.3, 0.4) is 0 Å². The summed E-state index contributed by atoms with van der Waals surface area (Å²) in [4.78, 5) is 12.4. The lowest BCUT2D eigenvalue weighted by molar-refractivity contribution is -0.126. The molecule has 1 aromatic rings. The molecular weight excluding hydrogens is 340 g/mol. The van der Waals surface area contributed by atoms with Crippen LogP contribution in [0.2, 0.25) is 0 Å². The van der Waals surface area contributed by atoms with Crippen molar-refractivity contribution < 1.29 is 17.9 Å². The van der Waals surface area contributed by atoms with E-state index in [9.17, 15) is 13.2 Å². The van der Waals surface area contributed by atoms with Gasteiger partial charge in [-0.2, -0.15) is 4.31 Å². The number of carbonyl (C=O) groups excluding carboxylic acids is 1. The van der Waals surface area contributed by atoms with E-state index in [0.717, 1.165) is 18.4 Å². The zero-order valence-corrected chi connectivity index (χ0v) is 15.6. The normalized spacial score (nSPS) is 19.6. The lowest BCUT2D eigenvalue weighted by Gasteiger charge is -2.30. The summed E-state index contributed by atoms with van der Waals surface area (Å²) in [5.41, 5.74) is 0.807. The summed E-state index contributed by atoms with van der Waals surface area (Å²) in [6.45, 7) is 5.06. The molecule has 7 heteroatoms. The predicted octanol–water partition coefficient (Wildman–Crippen LogP) is 2.07. The Balaban J connectivity index is 1.65. The minimum Gasteiger partial charge on any atom is -0.494 e. The zero-order chi connectivity index (χ0) is 18.0. The monoisotopic (exact) mass is 366 g/mol. The maximum absolute atomic E-state index is 12.9. The first-order valence-corrected chi connectivity index (χ1v) is 10.4. The van der Waals surface area contributed by atoms with E-state index >= 15 is 0 Å². The molecule has 0 unspecified atom stereocenters. The number of rotatable bonds is 6. The molecule has 1 aromatic carbocycles. The molecule has 1 saturated heterocycles. The average molecular weight is 366 g/mol. The highest BCUT2D eigenvalue weighted by Crippen LogP contribution is 2.28. The van der Waals surface area contributed by atoms with Gasteiger partial charge in [-0.05, 0) is 63.3 Å². The lowest BCUT2D eigenvalue weighted by Crippen LogP contribution is -2.43. The van der Waals surface area contributed by atoms with Crippen LogP contribution in [0.1, 0.15) is 38.2 Å². The van der Waals surface area contributed by atoms with Crippen LogP contribution in [0.5, 0.6) is 5.75 Å². The lowest BCUT2D eigenvalue weighted by atomic mass is 9.97. The number of aryl methyl sites for hydroxylation is 1. The Hall–Kier alpha value is -1.60. The van der Waals surface area contributed by atoms with Crippen molar-refractivity contribution in [1.29, 1.82) is 0 Å². The molecule has 1 aliphatic heterocycles. The topological polar surface area (TPSA) is 75.7 Å². The standard InChI is InChI=1S/C18H26N2O4S/c1-3-24-17-7-6-16(12-13(17)2)25(22,23)20-10-8-14(9-11-20)18(21)19-15-4-5-15/h6-7,12,14-15H,3-5,8-11H2,1-2H3,(H,19,21). The van der Waals surface area contributed by atoms with Crippen LogP contribution in [0.25, 0.3) is 0 Å². The molecule has 6 nitrogen and oxygen atoms in total. The third-order valence-corrected chi connectivity index (χ3v) is 6.73. The van der Waals surface area contributed by atoms with Gasteiger partial charge in [0.15, 0.2) is 0 Å². The van der Waals surface area contributed by atoms with Gasteiger partial charge in [0.2, 0.25) is 15.9 Å². The summed E-state index contributed by atoms with van der Waals surface area (Å²) in [6, 6.07) is 5.31. The zero-order valence-electron chi connectivity index (χ0n) is 14.8. The van der Waals surface area contributed by atoms with Crippen molar-refractivity contribution in [3.63, 3.8) is 0 Å². The molecular formula is C18H26N2O4S. The molecule has 25 heavy (non-hydrogen) atoms. The maximum Gasteiger partial charge on any atom is 0.243 e. The van der Waals surface area contributed by atoms with Crippen molar-refractivity contribution in [2.24, 2.45) is 5.92 Å². The molecule has 2 fully saturated rings. The minimum absolute atomic E-state index is 0.0749. The summed E-state index contributed by atoms with van der Waals surface area (Å²) in [5.74, 6) is 0.711. The minimum atomic E-state index is -3.53. The molecule has 3 rings (SSSR count). The number of piperidine rings is 1. The first kappa shape index (κ1) is 18.2. The molecule has 1 N–H and O–H groups in total. The van der Waals surface area contributed by atoms with Gasteiger partial charge >= 0.3 is 0 Å². The first-order chi connectivity index (χ1) is 11.9. The molecule has 0 radical (unpaired) electrons. The van der Waals surface area contributed by atoms with Gasteiger partial charge in [0.05, 0.1) is 11.5 Å². The highest BCUT2D eigenvalue weighted by molar-refractivity contribution is 7.89. The molecule has 2 aliphatic rings. The summed E-state index contributed by atoms with van der Waals surface area (Å²) in [5, 5.41) is 3.01. The molecule has 0 bridgehead atoms. The Morgan fingerprint density at radius 2 is 1.92 bits per heavy atom. The number of amides is 1. The van der Waals surface area contributed by atoms with Crippen molar-refractivity contribution in [2.45, 2.75) is 50.5 Å². The summed E-state index contributed by atoms with van der Waals surface area (Å²) < 4.78 is 32.7. The van der Waals surface area contributed by atoms with Crippen molar-refractivity contribution in [3.8, 4) is 5.75 Å². The number of sulfonamides is 1. The third kappa shape index (κ3) is 4.15. The molecule has 0 atom stereocenters. The fourth-order valence-electron chi connectivity index (χ4n) is 3.15. The van der Waals surface area contributed by atoms with Gasteiger partial charge in [-0.1, -0.05) is 0 Å². The average Bonchev–Trinajstić information content (AvgIpc) is 3.41. The first-order valence-electron chi connectivity index (χ1n) is 8.95. The van der Waals surface area contributed by atoms with Crippen LogP contribution in [0.15, 0.2) is 23.1 Å². The van der Waals surface area contributed by atoms with E-state index in [2.05, 4.69) is 5.32 Å². The second-order valence-electron chi connectivity index (χ2n) is 6.82. The van der Waals surface area contributed by atoms with Crippen molar-refractivity contribution in [2.75, 3.05) is 19.7 Å². The molecule has 0 spiro atoms. The largest absolute Gasteiger partial charge is 0.494 e. The van der Waals surface area contributed by atoms with E-state index in [1.807, 2.05) is 13.8 Å². The fourth-order valence-corrected chi connectivity index (χ4v) is 4.71. The molecule has 1 aliphatic carbocycles. The van der Waals surface area contributed by atoms with Gasteiger partial charge in [-0.15, -0.1) is 0 Å². The van der Waals surface area contributed by atoms with Gasteiger partial charge in [-0.3, -0.25) is 4.79 Å². The van der Waals surface area contributed by atoms with Gasteiger partial charge in [0, 0.05) is 25.0 Å². The summed E-state index contributed by atoms with van der Waals surface area (Å²) in [7, 11) is -3.53. The third-order valence-electron chi connectivity index (χ3n) is 4.83. The highest BCUT2D eigenvalue weighted by atomic mass is 32.2. The van der Waals surface area contributed by atoms with Crippen molar-refractivity contribution >= 4 is 15.9 Å². The van der Waals surface area contributed by atoms with Crippen LogP contribution >= 0.6 is 0 Å². The number of benzene rings is 1. The number of ether oxygens (including phenoxy) is 1. The van der Waals surface area contributed by atoms with E-state index in [1.54, 1.807) is 18.2 Å². The van der Waals surface area contributed by atoms with Crippen molar-refractivity contribution in [3.05, 3.63) is 23.8 Å². The molecule has 1 saturated carbocycles. The van der Waals surface area contributed by atoms with Gasteiger partial charge < -0.3 is 10.1 Å². The molecule has 138 valence electrons. The van der Waals surface area contributed by atoms with E-state index in [1.165, 1.54) is 4.31 Å². The second-order valence-corrected chi connectivity index (χ2v) is 8.76.